The van der Waals surface area contributed by atoms with Gasteiger partial charge in [0.2, 0.25) is 0 Å². The highest BCUT2D eigenvalue weighted by Gasteiger charge is 2.37. The molecular weight excluding hydrogens is 621 g/mol. The van der Waals surface area contributed by atoms with Crippen molar-refractivity contribution in [1.29, 1.82) is 5.26 Å². The average Bonchev–Trinajstić information content (AvgIpc) is 3.43. The summed E-state index contributed by atoms with van der Waals surface area (Å²) in [5.41, 5.74) is 14.3. The van der Waals surface area contributed by atoms with Crippen LogP contribution in [0, 0.1) is 11.3 Å². The molecule has 0 saturated carbocycles. The van der Waals surface area contributed by atoms with Crippen LogP contribution in [0.15, 0.2) is 158 Å². The van der Waals surface area contributed by atoms with Gasteiger partial charge in [-0.2, -0.15) is 5.26 Å². The monoisotopic (exact) mass is 652 g/mol. The molecule has 0 radical (unpaired) electrons. The number of fused-ring (bicyclic) bond motifs is 5. The van der Waals surface area contributed by atoms with E-state index in [0.717, 1.165) is 50.3 Å². The minimum atomic E-state index is -0.290. The molecule has 1 aliphatic carbocycles. The average molecular weight is 653 g/mol. The quantitative estimate of drug-likeness (QED) is 0.186. The first-order valence-corrected chi connectivity index (χ1v) is 17.2. The maximum absolute atomic E-state index is 9.76. The second-order valence-corrected chi connectivity index (χ2v) is 13.6. The van der Waals surface area contributed by atoms with Crippen LogP contribution in [0.2, 0.25) is 0 Å². The van der Waals surface area contributed by atoms with Crippen molar-refractivity contribution >= 4 is 10.8 Å². The molecule has 0 atom stereocenters. The van der Waals surface area contributed by atoms with Crippen molar-refractivity contribution in [2.75, 3.05) is 0 Å². The summed E-state index contributed by atoms with van der Waals surface area (Å²) in [6, 6.07) is 52.9. The molecular formula is C47H32N4. The molecule has 0 unspecified atom stereocenters. The molecule has 0 N–H and O–H groups in total. The van der Waals surface area contributed by atoms with Gasteiger partial charge < -0.3 is 0 Å². The summed E-state index contributed by atoms with van der Waals surface area (Å²) in [5, 5.41) is 12.1. The maximum atomic E-state index is 9.76. The van der Waals surface area contributed by atoms with E-state index >= 15 is 0 Å². The van der Waals surface area contributed by atoms with Crippen LogP contribution in [-0.2, 0) is 5.41 Å². The second-order valence-electron chi connectivity index (χ2n) is 13.6. The minimum Gasteiger partial charge on any atom is -0.264 e. The SMILES string of the molecule is CC1(C)c2cc(C#N)ccc2-c2c1cc(-c1cc(-c3cccnc3)cc(-c3cc(-c4ccccc4)nc(-c4ccccc4)n3)c1)c1ccccc21. The van der Waals surface area contributed by atoms with E-state index in [1.165, 1.54) is 33.0 Å². The third-order valence-electron chi connectivity index (χ3n) is 10.2. The van der Waals surface area contributed by atoms with Crippen molar-refractivity contribution in [3.63, 3.8) is 0 Å². The van der Waals surface area contributed by atoms with Gasteiger partial charge in [-0.15, -0.1) is 0 Å². The van der Waals surface area contributed by atoms with E-state index in [-0.39, 0.29) is 5.41 Å². The molecule has 1 aliphatic rings. The molecule has 240 valence electrons. The number of rotatable bonds is 5. The van der Waals surface area contributed by atoms with Crippen molar-refractivity contribution in [3.8, 4) is 73.4 Å². The van der Waals surface area contributed by atoms with E-state index in [2.05, 4.69) is 122 Å². The van der Waals surface area contributed by atoms with Crippen LogP contribution < -0.4 is 0 Å². The Kier molecular flexibility index (Phi) is 7.15. The van der Waals surface area contributed by atoms with Gasteiger partial charge in [-0.1, -0.05) is 111 Å². The normalized spacial score (nSPS) is 12.6. The Morgan fingerprint density at radius 1 is 0.510 bits per heavy atom. The first kappa shape index (κ1) is 30.4. The van der Waals surface area contributed by atoms with Gasteiger partial charge in [0.1, 0.15) is 0 Å². The molecule has 0 bridgehead atoms. The van der Waals surface area contributed by atoms with E-state index in [1.807, 2.05) is 60.9 Å². The number of nitrogens with zero attached hydrogens (tertiary/aromatic N) is 4. The Bertz CT molecular complexity index is 2600. The molecule has 51 heavy (non-hydrogen) atoms. The molecule has 0 spiro atoms. The molecule has 8 aromatic rings. The van der Waals surface area contributed by atoms with Crippen molar-refractivity contribution in [1.82, 2.24) is 15.0 Å². The predicted octanol–water partition coefficient (Wildman–Crippen LogP) is 11.5. The van der Waals surface area contributed by atoms with Crippen LogP contribution in [0.25, 0.3) is 78.1 Å². The fourth-order valence-corrected chi connectivity index (χ4v) is 7.59. The molecule has 2 aromatic heterocycles. The third-order valence-corrected chi connectivity index (χ3v) is 10.2. The number of benzene rings is 6. The molecule has 0 aliphatic heterocycles. The highest BCUT2D eigenvalue weighted by Crippen LogP contribution is 2.53. The summed E-state index contributed by atoms with van der Waals surface area (Å²) < 4.78 is 0. The first-order chi connectivity index (χ1) is 25.0. The van der Waals surface area contributed by atoms with Gasteiger partial charge in [0.15, 0.2) is 5.82 Å². The molecule has 0 amide bonds. The summed E-state index contributed by atoms with van der Waals surface area (Å²) in [4.78, 5) is 14.7. The largest absolute Gasteiger partial charge is 0.264 e. The number of hydrogen-bond acceptors (Lipinski definition) is 4. The standard InChI is InChI=1S/C47H32N4/c1-47(2)41-22-30(28-48)19-20-39(41)45-38-18-10-9-17-37(38)40(26-42(45)47)35-23-34(33-16-11-21-49-29-33)24-36(25-35)44-27-43(31-12-5-3-6-13-31)50-46(51-44)32-14-7-4-8-15-32/h3-27,29H,1-2H3. The zero-order valence-electron chi connectivity index (χ0n) is 28.3. The van der Waals surface area contributed by atoms with E-state index in [0.29, 0.717) is 11.4 Å². The fraction of sp³-hybridized carbons (Fsp3) is 0.0638. The lowest BCUT2D eigenvalue weighted by Crippen LogP contribution is -2.15. The van der Waals surface area contributed by atoms with Gasteiger partial charge in [0, 0.05) is 40.1 Å². The van der Waals surface area contributed by atoms with E-state index < -0.39 is 0 Å². The van der Waals surface area contributed by atoms with Crippen LogP contribution in [0.4, 0.5) is 0 Å². The van der Waals surface area contributed by atoms with Gasteiger partial charge >= 0.3 is 0 Å². The Morgan fingerprint density at radius 2 is 1.16 bits per heavy atom. The molecule has 9 rings (SSSR count). The zero-order valence-corrected chi connectivity index (χ0v) is 28.3. The number of nitriles is 1. The summed E-state index contributed by atoms with van der Waals surface area (Å²) in [5.74, 6) is 0.680. The topological polar surface area (TPSA) is 62.5 Å². The van der Waals surface area contributed by atoms with Crippen molar-refractivity contribution in [2.24, 2.45) is 0 Å². The lowest BCUT2D eigenvalue weighted by Gasteiger charge is -2.23. The third kappa shape index (κ3) is 5.19. The summed E-state index contributed by atoms with van der Waals surface area (Å²) in [6.07, 6.45) is 3.73. The van der Waals surface area contributed by atoms with Gasteiger partial charge in [-0.3, -0.25) is 4.98 Å². The Balaban J connectivity index is 1.31. The lowest BCUT2D eigenvalue weighted by atomic mass is 9.80. The molecule has 0 fully saturated rings. The van der Waals surface area contributed by atoms with Crippen molar-refractivity contribution < 1.29 is 0 Å². The predicted molar refractivity (Wildman–Crippen MR) is 207 cm³/mol. The highest BCUT2D eigenvalue weighted by molar-refractivity contribution is 6.09. The first-order valence-electron chi connectivity index (χ1n) is 17.2. The van der Waals surface area contributed by atoms with Crippen molar-refractivity contribution in [2.45, 2.75) is 19.3 Å². The maximum Gasteiger partial charge on any atom is 0.160 e. The van der Waals surface area contributed by atoms with Crippen LogP contribution in [0.1, 0.15) is 30.5 Å². The fourth-order valence-electron chi connectivity index (χ4n) is 7.59. The Hall–Kier alpha value is -6.70. The van der Waals surface area contributed by atoms with Crippen LogP contribution in [-0.4, -0.2) is 15.0 Å². The lowest BCUT2D eigenvalue weighted by molar-refractivity contribution is 0.661. The van der Waals surface area contributed by atoms with E-state index in [1.54, 1.807) is 0 Å². The summed E-state index contributed by atoms with van der Waals surface area (Å²) in [6.45, 7) is 4.54. The van der Waals surface area contributed by atoms with Gasteiger partial charge in [-0.05, 0) is 98.2 Å². The number of hydrogen-bond donors (Lipinski definition) is 0. The van der Waals surface area contributed by atoms with E-state index in [9.17, 15) is 5.26 Å². The molecule has 6 aromatic carbocycles. The number of aromatic nitrogens is 3. The van der Waals surface area contributed by atoms with Crippen LogP contribution >= 0.6 is 0 Å². The molecule has 2 heterocycles. The smallest absolute Gasteiger partial charge is 0.160 e. The van der Waals surface area contributed by atoms with Crippen LogP contribution in [0.3, 0.4) is 0 Å². The van der Waals surface area contributed by atoms with E-state index in [4.69, 9.17) is 9.97 Å². The van der Waals surface area contributed by atoms with Gasteiger partial charge in [0.05, 0.1) is 23.0 Å². The summed E-state index contributed by atoms with van der Waals surface area (Å²) in [7, 11) is 0. The van der Waals surface area contributed by atoms with Crippen LogP contribution in [0.5, 0.6) is 0 Å². The van der Waals surface area contributed by atoms with Gasteiger partial charge in [-0.25, -0.2) is 9.97 Å². The van der Waals surface area contributed by atoms with Crippen molar-refractivity contribution in [3.05, 3.63) is 175 Å². The molecule has 4 nitrogen and oxygen atoms in total. The molecule has 4 heteroatoms. The summed E-state index contributed by atoms with van der Waals surface area (Å²) >= 11 is 0. The van der Waals surface area contributed by atoms with Gasteiger partial charge in [0.25, 0.3) is 0 Å². The number of pyridine rings is 1. The Morgan fingerprint density at radius 3 is 1.88 bits per heavy atom. The zero-order chi connectivity index (χ0) is 34.5. The Labute approximate surface area is 297 Å². The molecule has 0 saturated heterocycles. The minimum absolute atomic E-state index is 0.290. The highest BCUT2D eigenvalue weighted by atomic mass is 14.9. The second kappa shape index (κ2) is 12.0.